The third-order valence-corrected chi connectivity index (χ3v) is 3.54. The molecule has 2 unspecified atom stereocenters. The molecule has 0 radical (unpaired) electrons. The van der Waals surface area contributed by atoms with Gasteiger partial charge in [-0.2, -0.15) is 0 Å². The summed E-state index contributed by atoms with van der Waals surface area (Å²) < 4.78 is 5.98. The van der Waals surface area contributed by atoms with Crippen LogP contribution in [0.3, 0.4) is 0 Å². The van der Waals surface area contributed by atoms with E-state index in [2.05, 4.69) is 0 Å². The van der Waals surface area contributed by atoms with Gasteiger partial charge < -0.3 is 9.84 Å². The zero-order chi connectivity index (χ0) is 12.1. The van der Waals surface area contributed by atoms with Gasteiger partial charge in [0.1, 0.15) is 11.9 Å². The number of aliphatic hydroxyl groups is 1. The van der Waals surface area contributed by atoms with Crippen LogP contribution in [-0.2, 0) is 0 Å². The highest BCUT2D eigenvalue weighted by Crippen LogP contribution is 2.24. The molecule has 1 N–H and O–H groups in total. The first-order valence-corrected chi connectivity index (χ1v) is 6.68. The average molecular weight is 234 g/mol. The van der Waals surface area contributed by atoms with Gasteiger partial charge in [-0.1, -0.05) is 37.5 Å². The van der Waals surface area contributed by atoms with Crippen LogP contribution in [-0.4, -0.2) is 17.3 Å². The first kappa shape index (κ1) is 12.4. The first-order chi connectivity index (χ1) is 8.27. The monoisotopic (exact) mass is 234 g/mol. The van der Waals surface area contributed by atoms with Crippen molar-refractivity contribution in [2.75, 3.05) is 0 Å². The third kappa shape index (κ3) is 3.47. The van der Waals surface area contributed by atoms with Crippen molar-refractivity contribution in [3.63, 3.8) is 0 Å². The largest absolute Gasteiger partial charge is 0.487 e. The molecule has 1 aromatic rings. The zero-order valence-electron chi connectivity index (χ0n) is 10.6. The Kier molecular flexibility index (Phi) is 4.43. The van der Waals surface area contributed by atoms with Crippen LogP contribution in [0.4, 0.5) is 0 Å². The second-order valence-electron chi connectivity index (χ2n) is 4.98. The predicted molar refractivity (Wildman–Crippen MR) is 69.3 cm³/mol. The van der Waals surface area contributed by atoms with Gasteiger partial charge in [0.05, 0.1) is 6.10 Å². The lowest BCUT2D eigenvalue weighted by molar-refractivity contribution is 0.0184. The summed E-state index contributed by atoms with van der Waals surface area (Å²) in [6.45, 7) is 2.05. The Bertz CT molecular complexity index is 349. The molecule has 2 rings (SSSR count). The maximum absolute atomic E-state index is 10.1. The van der Waals surface area contributed by atoms with E-state index in [9.17, 15) is 5.11 Å². The van der Waals surface area contributed by atoms with Gasteiger partial charge >= 0.3 is 0 Å². The van der Waals surface area contributed by atoms with E-state index in [-0.39, 0.29) is 12.2 Å². The summed E-state index contributed by atoms with van der Waals surface area (Å²) in [7, 11) is 0. The predicted octanol–water partition coefficient (Wildman–Crippen LogP) is 3.46. The van der Waals surface area contributed by atoms with Crippen LogP contribution in [0.25, 0.3) is 0 Å². The lowest BCUT2D eigenvalue weighted by Crippen LogP contribution is -2.32. The van der Waals surface area contributed by atoms with E-state index in [1.165, 1.54) is 12.8 Å². The summed E-state index contributed by atoms with van der Waals surface area (Å²) in [6.07, 6.45) is 6.29. The number of benzene rings is 1. The molecule has 0 saturated heterocycles. The van der Waals surface area contributed by atoms with Gasteiger partial charge in [-0.3, -0.25) is 0 Å². The molecule has 1 aromatic carbocycles. The summed E-state index contributed by atoms with van der Waals surface area (Å²) >= 11 is 0. The van der Waals surface area contributed by atoms with Crippen LogP contribution >= 0.6 is 0 Å². The van der Waals surface area contributed by atoms with Crippen LogP contribution in [0.5, 0.6) is 5.75 Å². The average Bonchev–Trinajstić information content (AvgIpc) is 2.31. The highest BCUT2D eigenvalue weighted by Gasteiger charge is 2.22. The van der Waals surface area contributed by atoms with Crippen LogP contribution in [0.15, 0.2) is 24.3 Å². The van der Waals surface area contributed by atoms with E-state index >= 15 is 0 Å². The summed E-state index contributed by atoms with van der Waals surface area (Å²) in [5, 5.41) is 10.1. The third-order valence-electron chi connectivity index (χ3n) is 3.54. The van der Waals surface area contributed by atoms with E-state index in [4.69, 9.17) is 4.74 Å². The molecule has 2 atom stereocenters. The molecule has 0 aliphatic heterocycles. The zero-order valence-corrected chi connectivity index (χ0v) is 10.6. The molecule has 0 spiro atoms. The topological polar surface area (TPSA) is 29.5 Å². The lowest BCUT2D eigenvalue weighted by atomic mass is 9.96. The lowest BCUT2D eigenvalue weighted by Gasteiger charge is -2.26. The number of hydrogen-bond acceptors (Lipinski definition) is 2. The van der Waals surface area contributed by atoms with Gasteiger partial charge in [-0.15, -0.1) is 0 Å². The molecular formula is C15H22O2. The molecule has 1 fully saturated rings. The minimum absolute atomic E-state index is 0.0311. The van der Waals surface area contributed by atoms with Crippen molar-refractivity contribution in [3.8, 4) is 5.75 Å². The summed E-state index contributed by atoms with van der Waals surface area (Å²) in [5.74, 6) is 0.914. The van der Waals surface area contributed by atoms with Crippen molar-refractivity contribution in [2.24, 2.45) is 0 Å². The second-order valence-corrected chi connectivity index (χ2v) is 4.98. The molecular weight excluding hydrogens is 212 g/mol. The second kappa shape index (κ2) is 6.06. The quantitative estimate of drug-likeness (QED) is 0.849. The maximum Gasteiger partial charge on any atom is 0.124 e. The van der Waals surface area contributed by atoms with Crippen LogP contribution in [0.1, 0.15) is 44.1 Å². The molecule has 17 heavy (non-hydrogen) atoms. The Morgan fingerprint density at radius 2 is 1.76 bits per heavy atom. The smallest absolute Gasteiger partial charge is 0.124 e. The van der Waals surface area contributed by atoms with Crippen LogP contribution < -0.4 is 4.74 Å². The number of ether oxygens (including phenoxy) is 1. The minimum Gasteiger partial charge on any atom is -0.487 e. The van der Waals surface area contributed by atoms with Gasteiger partial charge in [-0.25, -0.2) is 0 Å². The Labute approximate surface area is 104 Å². The van der Waals surface area contributed by atoms with Crippen molar-refractivity contribution in [3.05, 3.63) is 29.8 Å². The van der Waals surface area contributed by atoms with Crippen molar-refractivity contribution >= 4 is 0 Å². The fourth-order valence-corrected chi connectivity index (χ4v) is 2.42. The van der Waals surface area contributed by atoms with E-state index in [0.717, 1.165) is 37.0 Å². The summed E-state index contributed by atoms with van der Waals surface area (Å²) in [4.78, 5) is 0. The fraction of sp³-hybridized carbons (Fsp3) is 0.600. The van der Waals surface area contributed by atoms with E-state index in [1.807, 2.05) is 31.2 Å². The maximum atomic E-state index is 10.1. The molecule has 1 saturated carbocycles. The van der Waals surface area contributed by atoms with Gasteiger partial charge in [-0.05, 0) is 37.8 Å². The number of rotatable bonds is 2. The molecule has 1 aliphatic carbocycles. The Hall–Kier alpha value is -1.02. The SMILES string of the molecule is Cc1ccccc1OC1CCCCCCC1O. The molecule has 2 nitrogen and oxygen atoms in total. The van der Waals surface area contributed by atoms with Crippen LogP contribution in [0, 0.1) is 6.92 Å². The minimum atomic E-state index is -0.310. The molecule has 0 aromatic heterocycles. The van der Waals surface area contributed by atoms with Gasteiger partial charge in [0.15, 0.2) is 0 Å². The fourth-order valence-electron chi connectivity index (χ4n) is 2.42. The Morgan fingerprint density at radius 1 is 1.06 bits per heavy atom. The van der Waals surface area contributed by atoms with Gasteiger partial charge in [0.2, 0.25) is 0 Å². The van der Waals surface area contributed by atoms with Gasteiger partial charge in [0.25, 0.3) is 0 Å². The van der Waals surface area contributed by atoms with Crippen molar-refractivity contribution < 1.29 is 9.84 Å². The number of para-hydroxylation sites is 1. The van der Waals surface area contributed by atoms with Crippen molar-refractivity contribution in [2.45, 2.75) is 57.7 Å². The van der Waals surface area contributed by atoms with E-state index < -0.39 is 0 Å². The molecule has 94 valence electrons. The van der Waals surface area contributed by atoms with E-state index in [0.29, 0.717) is 0 Å². The molecule has 0 bridgehead atoms. The summed E-state index contributed by atoms with van der Waals surface area (Å²) in [6, 6.07) is 8.03. The Balaban J connectivity index is 2.02. The Morgan fingerprint density at radius 3 is 2.53 bits per heavy atom. The molecule has 0 amide bonds. The molecule has 0 heterocycles. The standard InChI is InChI=1S/C15H22O2/c1-12-8-6-7-10-14(12)17-15-11-5-3-2-4-9-13(15)16/h6-8,10,13,15-16H,2-5,9,11H2,1H3. The number of aliphatic hydroxyl groups excluding tert-OH is 1. The van der Waals surface area contributed by atoms with E-state index in [1.54, 1.807) is 0 Å². The van der Waals surface area contributed by atoms with Crippen molar-refractivity contribution in [1.82, 2.24) is 0 Å². The summed E-state index contributed by atoms with van der Waals surface area (Å²) in [5.41, 5.74) is 1.14. The molecule has 1 aliphatic rings. The first-order valence-electron chi connectivity index (χ1n) is 6.68. The van der Waals surface area contributed by atoms with Crippen molar-refractivity contribution in [1.29, 1.82) is 0 Å². The highest BCUT2D eigenvalue weighted by molar-refractivity contribution is 5.32. The number of hydrogen-bond donors (Lipinski definition) is 1. The number of aryl methyl sites for hydroxylation is 1. The normalized spacial score (nSPS) is 26.0. The van der Waals surface area contributed by atoms with Gasteiger partial charge in [0, 0.05) is 0 Å². The molecule has 2 heteroatoms. The highest BCUT2D eigenvalue weighted by atomic mass is 16.5. The van der Waals surface area contributed by atoms with Crippen LogP contribution in [0.2, 0.25) is 0 Å².